The molecule has 0 saturated heterocycles. The van der Waals surface area contributed by atoms with E-state index in [-0.39, 0.29) is 7.53 Å². The molecule has 0 aliphatic rings. The highest BCUT2D eigenvalue weighted by Gasteiger charge is 2.21. The minimum absolute atomic E-state index is 0. The lowest BCUT2D eigenvalue weighted by Gasteiger charge is -2.14. The molecule has 0 aliphatic heterocycles. The number of anilines is 2. The fourth-order valence-corrected chi connectivity index (χ4v) is 3.79. The molecule has 3 heterocycles. The van der Waals surface area contributed by atoms with Crippen LogP contribution in [0.15, 0.2) is 53.9 Å². The summed E-state index contributed by atoms with van der Waals surface area (Å²) in [7, 11) is 5.05. The number of nitrogens with two attached hydrogens (primary N) is 1. The van der Waals surface area contributed by atoms with Crippen LogP contribution < -0.4 is 26.9 Å². The number of ether oxygens (including phenoxy) is 2. The van der Waals surface area contributed by atoms with E-state index >= 15 is 0 Å². The topological polar surface area (TPSA) is 146 Å². The normalized spacial score (nSPS) is 11.7. The van der Waals surface area contributed by atoms with Crippen molar-refractivity contribution in [3.05, 3.63) is 54.5 Å². The van der Waals surface area contributed by atoms with Gasteiger partial charge in [-0.2, -0.15) is 10.6 Å². The number of amidine groups is 1. The molecule has 12 nitrogen and oxygen atoms in total. The molecule has 4 aromatic rings. The number of aliphatic imine (C=N–C) groups is 1. The Morgan fingerprint density at radius 3 is 2.67 bits per heavy atom. The molecule has 36 heavy (non-hydrogen) atoms. The number of hydrogen-bond donors (Lipinski definition) is 4. The van der Waals surface area contributed by atoms with Crippen molar-refractivity contribution in [1.82, 2.24) is 30.3 Å². The monoisotopic (exact) mass is 493 g/mol. The van der Waals surface area contributed by atoms with Crippen LogP contribution in [-0.4, -0.2) is 51.5 Å². The fourth-order valence-electron chi connectivity index (χ4n) is 3.79. The Morgan fingerprint density at radius 1 is 1.22 bits per heavy atom. The zero-order valence-corrected chi connectivity index (χ0v) is 20.7. The lowest BCUT2D eigenvalue weighted by atomic mass is 10.1. The van der Waals surface area contributed by atoms with E-state index in [1.165, 1.54) is 4.57 Å². The number of nitrogens with one attached hydrogen (secondary N) is 3. The number of pyridine rings is 1. The highest BCUT2D eigenvalue weighted by atomic mass is 16.6. The van der Waals surface area contributed by atoms with Crippen molar-refractivity contribution in [2.75, 3.05) is 19.5 Å². The van der Waals surface area contributed by atoms with Gasteiger partial charge in [-0.15, -0.1) is 0 Å². The number of aryl methyl sites for hydroxylation is 1. The maximum atomic E-state index is 13.1. The van der Waals surface area contributed by atoms with Gasteiger partial charge in [0.15, 0.2) is 0 Å². The number of methoxy groups -OCH3 is 1. The highest BCUT2D eigenvalue weighted by molar-refractivity contribution is 5.99. The zero-order chi connectivity index (χ0) is 25.8. The molecule has 0 unspecified atom stereocenters. The number of fused-ring (bicyclic) bond motifs is 1. The molecule has 0 spiro atoms. The quantitative estimate of drug-likeness (QED) is 0.132. The Hall–Kier alpha value is -4.42. The summed E-state index contributed by atoms with van der Waals surface area (Å²) in [6.45, 7) is 3.62. The number of carbonyl (C=O) groups is 1. The molecule has 0 amide bonds. The number of hydrogen-bond acceptors (Lipinski definition) is 9. The van der Waals surface area contributed by atoms with Crippen LogP contribution in [0.1, 0.15) is 20.8 Å². The summed E-state index contributed by atoms with van der Waals surface area (Å²) in [6, 6.07) is 9.21. The van der Waals surface area contributed by atoms with Crippen molar-refractivity contribution in [3.63, 3.8) is 0 Å². The van der Waals surface area contributed by atoms with Crippen LogP contribution in [0.4, 0.5) is 16.3 Å². The summed E-state index contributed by atoms with van der Waals surface area (Å²) in [6.07, 6.45) is 4.49. The second-order valence-corrected chi connectivity index (χ2v) is 8.21. The number of aromatic nitrogens is 4. The second kappa shape index (κ2) is 10.5. The summed E-state index contributed by atoms with van der Waals surface area (Å²) in [5.41, 5.74) is 8.70. The van der Waals surface area contributed by atoms with Gasteiger partial charge in [0.2, 0.25) is 0 Å². The third-order valence-electron chi connectivity index (χ3n) is 5.36. The van der Waals surface area contributed by atoms with E-state index in [1.807, 2.05) is 51.4 Å². The summed E-state index contributed by atoms with van der Waals surface area (Å²) < 4.78 is 14.3. The van der Waals surface area contributed by atoms with Crippen molar-refractivity contribution in [2.24, 2.45) is 17.9 Å². The number of benzene rings is 1. The van der Waals surface area contributed by atoms with Crippen LogP contribution in [0.3, 0.4) is 0 Å². The van der Waals surface area contributed by atoms with Gasteiger partial charge in [-0.3, -0.25) is 20.9 Å². The fraction of sp³-hybridized carbons (Fsp3) is 0.250. The van der Waals surface area contributed by atoms with E-state index in [4.69, 9.17) is 15.3 Å². The molecule has 12 heteroatoms. The van der Waals surface area contributed by atoms with Crippen LogP contribution in [0, 0.1) is 0 Å². The number of hydrazine groups is 2. The molecule has 190 valence electrons. The van der Waals surface area contributed by atoms with Gasteiger partial charge in [-0.1, -0.05) is 0 Å². The Kier molecular flexibility index (Phi) is 7.17. The van der Waals surface area contributed by atoms with E-state index in [9.17, 15) is 4.79 Å². The number of carbonyl (C=O) groups excluding carboxylic acids is 1. The average Bonchev–Trinajstić information content (AvgIpc) is 3.45. The summed E-state index contributed by atoms with van der Waals surface area (Å²) in [4.78, 5) is 21.8. The van der Waals surface area contributed by atoms with E-state index in [0.717, 1.165) is 16.5 Å². The predicted octanol–water partition coefficient (Wildman–Crippen LogP) is 3.17. The smallest absolute Gasteiger partial charge is 0.419 e. The Balaban J connectivity index is 0.00000380. The molecule has 0 aliphatic carbocycles. The molecule has 1 aromatic carbocycles. The van der Waals surface area contributed by atoms with Crippen molar-refractivity contribution >= 4 is 34.3 Å². The average molecular weight is 494 g/mol. The van der Waals surface area contributed by atoms with Gasteiger partial charge in [0, 0.05) is 50.5 Å². The standard InChI is InChI=1S/C24H29N9O3.H2/c1-14(2)36-24(34)33-19(17-12-28-32(4)13-17)8-16-11-27-22(10-20(16)33)29-18-7-6-15(9-21(18)35-5)23(26-3)30-31-25;/h6-14,31H,25H2,1-5H3,(H,26,30)(H,27,29);1H. The molecule has 3 aromatic heterocycles. The minimum atomic E-state index is -0.481. The van der Waals surface area contributed by atoms with Gasteiger partial charge in [0.25, 0.3) is 0 Å². The molecular weight excluding hydrogens is 462 g/mol. The molecule has 0 fully saturated rings. The summed E-state index contributed by atoms with van der Waals surface area (Å²) >= 11 is 0. The Labute approximate surface area is 209 Å². The molecule has 0 radical (unpaired) electrons. The first-order valence-corrected chi connectivity index (χ1v) is 11.2. The van der Waals surface area contributed by atoms with E-state index in [2.05, 4.69) is 31.4 Å². The zero-order valence-electron chi connectivity index (χ0n) is 20.7. The van der Waals surface area contributed by atoms with Crippen LogP contribution in [0.25, 0.3) is 22.2 Å². The molecular formula is C24H31N9O3. The molecule has 4 rings (SSSR count). The van der Waals surface area contributed by atoms with Crippen molar-refractivity contribution in [1.29, 1.82) is 0 Å². The van der Waals surface area contributed by atoms with Gasteiger partial charge in [0.05, 0.1) is 36.3 Å². The first-order valence-electron chi connectivity index (χ1n) is 11.2. The Morgan fingerprint density at radius 2 is 2.03 bits per heavy atom. The highest BCUT2D eigenvalue weighted by Crippen LogP contribution is 2.32. The Bertz CT molecular complexity index is 1430. The summed E-state index contributed by atoms with van der Waals surface area (Å²) in [5, 5.41) is 8.30. The minimum Gasteiger partial charge on any atom is -0.495 e. The van der Waals surface area contributed by atoms with Gasteiger partial charge in [-0.05, 0) is 38.1 Å². The van der Waals surface area contributed by atoms with Crippen LogP contribution in [0.2, 0.25) is 0 Å². The van der Waals surface area contributed by atoms with Crippen molar-refractivity contribution < 1.29 is 15.7 Å². The summed E-state index contributed by atoms with van der Waals surface area (Å²) in [5.74, 6) is 7.00. The third kappa shape index (κ3) is 4.99. The van der Waals surface area contributed by atoms with Gasteiger partial charge in [0.1, 0.15) is 17.4 Å². The van der Waals surface area contributed by atoms with Crippen LogP contribution in [0.5, 0.6) is 5.75 Å². The van der Waals surface area contributed by atoms with E-state index in [1.54, 1.807) is 37.3 Å². The van der Waals surface area contributed by atoms with Crippen LogP contribution >= 0.6 is 0 Å². The third-order valence-corrected chi connectivity index (χ3v) is 5.36. The van der Waals surface area contributed by atoms with Crippen molar-refractivity contribution in [2.45, 2.75) is 20.0 Å². The van der Waals surface area contributed by atoms with E-state index in [0.29, 0.717) is 34.3 Å². The lowest BCUT2D eigenvalue weighted by Crippen LogP contribution is -2.42. The molecule has 5 N–H and O–H groups in total. The maximum absolute atomic E-state index is 13.1. The first kappa shape index (κ1) is 24.7. The molecule has 0 saturated carbocycles. The number of nitrogens with zero attached hydrogens (tertiary/aromatic N) is 5. The van der Waals surface area contributed by atoms with Crippen molar-refractivity contribution in [3.8, 4) is 17.0 Å². The largest absolute Gasteiger partial charge is 0.495 e. The van der Waals surface area contributed by atoms with E-state index < -0.39 is 6.09 Å². The van der Waals surface area contributed by atoms with Gasteiger partial charge < -0.3 is 14.8 Å². The second-order valence-electron chi connectivity index (χ2n) is 8.21. The molecule has 0 bridgehead atoms. The van der Waals surface area contributed by atoms with Gasteiger partial charge in [-0.25, -0.2) is 14.3 Å². The maximum Gasteiger partial charge on any atom is 0.419 e. The van der Waals surface area contributed by atoms with Gasteiger partial charge >= 0.3 is 6.09 Å². The molecule has 0 atom stereocenters. The SMILES string of the molecule is CN=C(NNN)c1ccc(Nc2cc3c(cn2)cc(-c2cnn(C)c2)n3C(=O)OC(C)C)c(OC)c1.[HH]. The first-order chi connectivity index (χ1) is 17.3. The lowest BCUT2D eigenvalue weighted by molar-refractivity contribution is 0.118. The van der Waals surface area contributed by atoms with Crippen LogP contribution in [-0.2, 0) is 11.8 Å². The predicted molar refractivity (Wildman–Crippen MR) is 140 cm³/mol. The number of rotatable bonds is 7.